The minimum atomic E-state index is -3.09. The van der Waals surface area contributed by atoms with E-state index < -0.39 is 9.84 Å². The fraction of sp³-hybridized carbons (Fsp3) is 0.667. The van der Waals surface area contributed by atoms with Crippen LogP contribution in [0, 0.1) is 0 Å². The highest BCUT2D eigenvalue weighted by molar-refractivity contribution is 7.89. The van der Waals surface area contributed by atoms with Gasteiger partial charge in [-0.25, -0.2) is 18.4 Å². The molecule has 100 valence electrons. The molecule has 18 heavy (non-hydrogen) atoms. The van der Waals surface area contributed by atoms with Crippen molar-refractivity contribution >= 4 is 15.7 Å². The highest BCUT2D eigenvalue weighted by Crippen LogP contribution is 2.39. The maximum Gasteiger partial charge on any atom is 0.154 e. The third kappa shape index (κ3) is 3.94. The van der Waals surface area contributed by atoms with Gasteiger partial charge in [-0.2, -0.15) is 0 Å². The lowest BCUT2D eigenvalue weighted by Crippen LogP contribution is -2.10. The second kappa shape index (κ2) is 5.22. The number of hydrogen-bond donors (Lipinski definition) is 1. The van der Waals surface area contributed by atoms with Gasteiger partial charge in [0, 0.05) is 30.5 Å². The summed E-state index contributed by atoms with van der Waals surface area (Å²) in [5.41, 5.74) is 0.974. The molecule has 0 bridgehead atoms. The van der Waals surface area contributed by atoms with Crippen LogP contribution >= 0.6 is 0 Å². The first-order valence-corrected chi connectivity index (χ1v) is 8.33. The highest BCUT2D eigenvalue weighted by Gasteiger charge is 2.26. The normalized spacial score (nSPS) is 15.7. The zero-order chi connectivity index (χ0) is 13.2. The molecule has 1 N–H and O–H groups in total. The number of nitrogens with one attached hydrogen (secondary N) is 1. The van der Waals surface area contributed by atoms with Crippen LogP contribution in [-0.2, 0) is 15.6 Å². The van der Waals surface area contributed by atoms with Crippen LogP contribution in [0.5, 0.6) is 0 Å². The second-order valence-electron chi connectivity index (χ2n) is 4.87. The van der Waals surface area contributed by atoms with Gasteiger partial charge in [0.2, 0.25) is 0 Å². The van der Waals surface area contributed by atoms with Crippen LogP contribution in [0.2, 0.25) is 0 Å². The minimum absolute atomic E-state index is 0.0889. The van der Waals surface area contributed by atoms with E-state index in [9.17, 15) is 8.42 Å². The molecule has 1 aromatic heterocycles. The van der Waals surface area contributed by atoms with E-state index in [1.807, 2.05) is 6.07 Å². The van der Waals surface area contributed by atoms with E-state index in [-0.39, 0.29) is 5.75 Å². The molecular weight excluding hydrogens is 250 g/mol. The van der Waals surface area contributed by atoms with Gasteiger partial charge in [0.25, 0.3) is 0 Å². The first kappa shape index (κ1) is 13.3. The molecule has 1 saturated carbocycles. The van der Waals surface area contributed by atoms with Crippen molar-refractivity contribution in [3.8, 4) is 0 Å². The van der Waals surface area contributed by atoms with Crippen LogP contribution in [0.4, 0.5) is 5.82 Å². The Hall–Kier alpha value is -1.17. The Morgan fingerprint density at radius 2 is 2.11 bits per heavy atom. The van der Waals surface area contributed by atoms with E-state index in [1.54, 1.807) is 0 Å². The molecule has 0 amide bonds. The van der Waals surface area contributed by atoms with Crippen LogP contribution in [-0.4, -0.2) is 31.2 Å². The van der Waals surface area contributed by atoms with Gasteiger partial charge in [0.05, 0.1) is 0 Å². The largest absolute Gasteiger partial charge is 0.370 e. The first-order chi connectivity index (χ1) is 8.48. The summed E-state index contributed by atoms with van der Waals surface area (Å²) >= 11 is 0. The van der Waals surface area contributed by atoms with Crippen molar-refractivity contribution in [2.45, 2.75) is 37.9 Å². The van der Waals surface area contributed by atoms with Crippen LogP contribution in [0.3, 0.4) is 0 Å². The molecule has 0 radical (unpaired) electrons. The molecule has 1 aromatic rings. The second-order valence-corrected chi connectivity index (χ2v) is 7.01. The molecule has 0 unspecified atom stereocenters. The summed E-state index contributed by atoms with van der Waals surface area (Å²) < 4.78 is 22.6. The molecule has 0 spiro atoms. The summed E-state index contributed by atoms with van der Waals surface area (Å²) in [5, 5.41) is 3.20. The zero-order valence-corrected chi connectivity index (χ0v) is 11.6. The molecule has 0 atom stereocenters. The lowest BCUT2D eigenvalue weighted by atomic mass is 10.2. The average Bonchev–Trinajstić information content (AvgIpc) is 3.07. The van der Waals surface area contributed by atoms with Crippen molar-refractivity contribution in [1.29, 1.82) is 0 Å². The van der Waals surface area contributed by atoms with Crippen LogP contribution in [0.15, 0.2) is 6.07 Å². The summed E-state index contributed by atoms with van der Waals surface area (Å²) in [5.74, 6) is 1.55. The van der Waals surface area contributed by atoms with Gasteiger partial charge in [-0.05, 0) is 19.3 Å². The minimum Gasteiger partial charge on any atom is -0.370 e. The Morgan fingerprint density at radius 1 is 1.39 bits per heavy atom. The number of aromatic nitrogens is 2. The van der Waals surface area contributed by atoms with E-state index in [0.29, 0.717) is 11.7 Å². The molecule has 5 nitrogen and oxygen atoms in total. The van der Waals surface area contributed by atoms with Gasteiger partial charge < -0.3 is 5.32 Å². The van der Waals surface area contributed by atoms with Gasteiger partial charge in [-0.3, -0.25) is 0 Å². The fourth-order valence-corrected chi connectivity index (χ4v) is 2.35. The van der Waals surface area contributed by atoms with Crippen molar-refractivity contribution in [3.05, 3.63) is 17.6 Å². The van der Waals surface area contributed by atoms with Gasteiger partial charge in [-0.1, -0.05) is 6.92 Å². The molecule has 0 aliphatic heterocycles. The quantitative estimate of drug-likeness (QED) is 0.851. The fourth-order valence-electron chi connectivity index (χ4n) is 1.75. The highest BCUT2D eigenvalue weighted by atomic mass is 32.2. The van der Waals surface area contributed by atoms with E-state index in [4.69, 9.17) is 0 Å². The molecular formula is C12H19N3O2S. The molecule has 0 saturated heterocycles. The Labute approximate surface area is 108 Å². The lowest BCUT2D eigenvalue weighted by Gasteiger charge is -2.08. The van der Waals surface area contributed by atoms with Crippen LogP contribution in [0.1, 0.15) is 43.6 Å². The Bertz CT molecular complexity index is 524. The predicted octanol–water partition coefficient (Wildman–Crippen LogP) is 1.72. The van der Waals surface area contributed by atoms with Crippen LogP contribution < -0.4 is 5.32 Å². The van der Waals surface area contributed by atoms with Crippen LogP contribution in [0.25, 0.3) is 0 Å². The lowest BCUT2D eigenvalue weighted by molar-refractivity contribution is 0.599. The topological polar surface area (TPSA) is 72.0 Å². The van der Waals surface area contributed by atoms with E-state index >= 15 is 0 Å². The third-order valence-corrected chi connectivity index (χ3v) is 3.52. The molecule has 1 fully saturated rings. The van der Waals surface area contributed by atoms with E-state index in [2.05, 4.69) is 22.2 Å². The summed E-state index contributed by atoms with van der Waals surface area (Å²) in [7, 11) is -3.09. The van der Waals surface area contributed by atoms with Crippen molar-refractivity contribution in [1.82, 2.24) is 9.97 Å². The molecule has 6 heteroatoms. The molecule has 1 heterocycles. The smallest absolute Gasteiger partial charge is 0.154 e. The van der Waals surface area contributed by atoms with Crippen molar-refractivity contribution in [2.24, 2.45) is 0 Å². The molecule has 1 aliphatic carbocycles. The van der Waals surface area contributed by atoms with Gasteiger partial charge in [-0.15, -0.1) is 0 Å². The van der Waals surface area contributed by atoms with Gasteiger partial charge in [0.15, 0.2) is 9.84 Å². The first-order valence-electron chi connectivity index (χ1n) is 6.27. The molecule has 0 aromatic carbocycles. The Balaban J connectivity index is 2.24. The maximum atomic E-state index is 11.3. The Morgan fingerprint density at radius 3 is 2.67 bits per heavy atom. The third-order valence-electron chi connectivity index (χ3n) is 2.74. The summed E-state index contributed by atoms with van der Waals surface area (Å²) in [6.07, 6.45) is 4.49. The van der Waals surface area contributed by atoms with Crippen molar-refractivity contribution in [2.75, 3.05) is 18.1 Å². The summed E-state index contributed by atoms with van der Waals surface area (Å²) in [4.78, 5) is 8.62. The summed E-state index contributed by atoms with van der Waals surface area (Å²) in [6, 6.07) is 1.94. The van der Waals surface area contributed by atoms with Crippen molar-refractivity contribution in [3.63, 3.8) is 0 Å². The van der Waals surface area contributed by atoms with Crippen molar-refractivity contribution < 1.29 is 8.42 Å². The van der Waals surface area contributed by atoms with Gasteiger partial charge in [0.1, 0.15) is 17.4 Å². The average molecular weight is 269 g/mol. The van der Waals surface area contributed by atoms with E-state index in [1.165, 1.54) is 6.26 Å². The Kier molecular flexibility index (Phi) is 3.85. The number of nitrogens with zero attached hydrogens (tertiary/aromatic N) is 2. The standard InChI is InChI=1S/C12H19N3O2S/c1-3-6-13-11-7-10(9-4-5-9)14-12(15-11)8-18(2,16)17/h7,9H,3-6,8H2,1-2H3,(H,13,14,15). The SMILES string of the molecule is CCCNc1cc(C2CC2)nc(CS(C)(=O)=O)n1. The number of rotatable bonds is 6. The predicted molar refractivity (Wildman–Crippen MR) is 71.3 cm³/mol. The number of hydrogen-bond acceptors (Lipinski definition) is 5. The van der Waals surface area contributed by atoms with E-state index in [0.717, 1.165) is 37.3 Å². The summed E-state index contributed by atoms with van der Waals surface area (Å²) in [6.45, 7) is 2.91. The number of anilines is 1. The molecule has 1 aliphatic rings. The maximum absolute atomic E-state index is 11.3. The molecule has 2 rings (SSSR count). The number of sulfone groups is 1. The zero-order valence-electron chi connectivity index (χ0n) is 10.8. The monoisotopic (exact) mass is 269 g/mol. The van der Waals surface area contributed by atoms with Gasteiger partial charge >= 0.3 is 0 Å².